The molecule has 0 unspecified atom stereocenters. The summed E-state index contributed by atoms with van der Waals surface area (Å²) in [5, 5.41) is 3.28. The molecule has 1 aromatic carbocycles. The molecule has 1 fully saturated rings. The highest BCUT2D eigenvalue weighted by molar-refractivity contribution is 5.85. The predicted octanol–water partition coefficient (Wildman–Crippen LogP) is 2.30. The number of rotatable bonds is 6. The normalized spacial score (nSPS) is 16.4. The largest absolute Gasteiger partial charge is 0.497 e. The molecule has 1 aromatic rings. The topological polar surface area (TPSA) is 67.9 Å². The van der Waals surface area contributed by atoms with Gasteiger partial charge in [-0.2, -0.15) is 0 Å². The highest BCUT2D eigenvalue weighted by Crippen LogP contribution is 2.22. The van der Waals surface area contributed by atoms with Crippen LogP contribution in [-0.4, -0.2) is 50.1 Å². The van der Waals surface area contributed by atoms with Gasteiger partial charge >= 0.3 is 5.97 Å². The number of likely N-dealkylation sites (tertiary alicyclic amines) is 1. The average Bonchev–Trinajstić information content (AvgIpc) is 2.65. The lowest BCUT2D eigenvalue weighted by Gasteiger charge is -2.33. The minimum Gasteiger partial charge on any atom is -0.497 e. The third-order valence-electron chi connectivity index (χ3n) is 4.46. The van der Waals surface area contributed by atoms with Crippen LogP contribution >= 0.6 is 0 Å². The summed E-state index contributed by atoms with van der Waals surface area (Å²) in [6, 6.07) is 7.26. The summed E-state index contributed by atoms with van der Waals surface area (Å²) in [4.78, 5) is 26.2. The molecule has 24 heavy (non-hydrogen) atoms. The molecule has 132 valence electrons. The van der Waals surface area contributed by atoms with E-state index in [0.717, 1.165) is 11.4 Å². The monoisotopic (exact) mass is 334 g/mol. The number of nitrogens with zero attached hydrogens (tertiary/aromatic N) is 1. The van der Waals surface area contributed by atoms with E-state index in [9.17, 15) is 9.59 Å². The molecule has 1 aliphatic rings. The van der Waals surface area contributed by atoms with E-state index in [2.05, 4.69) is 5.32 Å². The van der Waals surface area contributed by atoms with Crippen molar-refractivity contribution < 1.29 is 19.1 Å². The van der Waals surface area contributed by atoms with Gasteiger partial charge in [-0.15, -0.1) is 0 Å². The van der Waals surface area contributed by atoms with E-state index in [0.29, 0.717) is 32.4 Å². The second-order valence-corrected chi connectivity index (χ2v) is 5.96. The van der Waals surface area contributed by atoms with Crippen LogP contribution in [-0.2, 0) is 14.3 Å². The van der Waals surface area contributed by atoms with Crippen molar-refractivity contribution in [2.75, 3.05) is 32.6 Å². The SMILES string of the molecule is CC[C@H](Nc1cccc(OC)c1)C(=O)N1CCC(C(=O)OC)CC1. The zero-order valence-electron chi connectivity index (χ0n) is 14.6. The molecule has 1 atom stereocenters. The summed E-state index contributed by atoms with van der Waals surface area (Å²) in [5.74, 6) is 0.555. The molecule has 0 saturated carbocycles. The molecule has 6 heteroatoms. The van der Waals surface area contributed by atoms with Crippen molar-refractivity contribution in [2.24, 2.45) is 5.92 Å². The van der Waals surface area contributed by atoms with Crippen LogP contribution in [0.2, 0.25) is 0 Å². The highest BCUT2D eigenvalue weighted by Gasteiger charge is 2.30. The van der Waals surface area contributed by atoms with E-state index in [4.69, 9.17) is 9.47 Å². The number of methoxy groups -OCH3 is 2. The van der Waals surface area contributed by atoms with Gasteiger partial charge in [-0.05, 0) is 31.4 Å². The van der Waals surface area contributed by atoms with Crippen molar-refractivity contribution in [2.45, 2.75) is 32.2 Å². The van der Waals surface area contributed by atoms with Crippen LogP contribution in [0, 0.1) is 5.92 Å². The summed E-state index contributed by atoms with van der Waals surface area (Å²) in [6.07, 6.45) is 2.01. The Morgan fingerprint density at radius 1 is 1.29 bits per heavy atom. The zero-order valence-corrected chi connectivity index (χ0v) is 14.6. The number of benzene rings is 1. The molecule has 0 spiro atoms. The number of carbonyl (C=O) groups excluding carboxylic acids is 2. The fourth-order valence-corrected chi connectivity index (χ4v) is 2.98. The highest BCUT2D eigenvalue weighted by atomic mass is 16.5. The molecule has 0 bridgehead atoms. The lowest BCUT2D eigenvalue weighted by molar-refractivity contribution is -0.149. The van der Waals surface area contributed by atoms with Gasteiger partial charge in [-0.3, -0.25) is 9.59 Å². The van der Waals surface area contributed by atoms with Crippen molar-refractivity contribution >= 4 is 17.6 Å². The molecule has 2 rings (SSSR count). The number of esters is 1. The maximum absolute atomic E-state index is 12.8. The number of hydrogen-bond donors (Lipinski definition) is 1. The van der Waals surface area contributed by atoms with Crippen molar-refractivity contribution in [1.29, 1.82) is 0 Å². The van der Waals surface area contributed by atoms with Crippen LogP contribution in [0.15, 0.2) is 24.3 Å². The molecule has 1 saturated heterocycles. The first-order chi connectivity index (χ1) is 11.6. The van der Waals surface area contributed by atoms with Crippen molar-refractivity contribution in [1.82, 2.24) is 4.90 Å². The van der Waals surface area contributed by atoms with E-state index in [1.807, 2.05) is 36.1 Å². The van der Waals surface area contributed by atoms with Crippen molar-refractivity contribution in [3.05, 3.63) is 24.3 Å². The minimum atomic E-state index is -0.285. The molecule has 0 aliphatic carbocycles. The molecule has 1 N–H and O–H groups in total. The van der Waals surface area contributed by atoms with Crippen LogP contribution in [0.25, 0.3) is 0 Å². The minimum absolute atomic E-state index is 0.0728. The van der Waals surface area contributed by atoms with Gasteiger partial charge in [0.25, 0.3) is 0 Å². The molecule has 0 radical (unpaired) electrons. The second-order valence-electron chi connectivity index (χ2n) is 5.96. The number of carbonyl (C=O) groups is 2. The second kappa shape index (κ2) is 8.57. The summed E-state index contributed by atoms with van der Waals surface area (Å²) in [6.45, 7) is 3.17. The van der Waals surface area contributed by atoms with E-state index in [1.54, 1.807) is 7.11 Å². The average molecular weight is 334 g/mol. The maximum Gasteiger partial charge on any atom is 0.308 e. The lowest BCUT2D eigenvalue weighted by Crippen LogP contribution is -2.47. The smallest absolute Gasteiger partial charge is 0.308 e. The number of hydrogen-bond acceptors (Lipinski definition) is 5. The van der Waals surface area contributed by atoms with Gasteiger partial charge in [0.2, 0.25) is 5.91 Å². The van der Waals surface area contributed by atoms with E-state index >= 15 is 0 Å². The van der Waals surface area contributed by atoms with E-state index < -0.39 is 0 Å². The quantitative estimate of drug-likeness (QED) is 0.809. The lowest BCUT2D eigenvalue weighted by atomic mass is 9.96. The van der Waals surface area contributed by atoms with Crippen molar-refractivity contribution in [3.8, 4) is 5.75 Å². The van der Waals surface area contributed by atoms with Crippen molar-refractivity contribution in [3.63, 3.8) is 0 Å². The van der Waals surface area contributed by atoms with Gasteiger partial charge in [0.05, 0.1) is 20.1 Å². The van der Waals surface area contributed by atoms with E-state index in [-0.39, 0.29) is 23.8 Å². The van der Waals surface area contributed by atoms with Crippen LogP contribution in [0.5, 0.6) is 5.75 Å². The van der Waals surface area contributed by atoms with Gasteiger partial charge in [0, 0.05) is 24.8 Å². The fourth-order valence-electron chi connectivity index (χ4n) is 2.98. The molecule has 0 aromatic heterocycles. The third-order valence-corrected chi connectivity index (χ3v) is 4.46. The predicted molar refractivity (Wildman–Crippen MR) is 92.0 cm³/mol. The Hall–Kier alpha value is -2.24. The van der Waals surface area contributed by atoms with Crippen LogP contribution in [0.1, 0.15) is 26.2 Å². The Kier molecular flexibility index (Phi) is 6.46. The first-order valence-electron chi connectivity index (χ1n) is 8.36. The molecule has 1 amide bonds. The Bertz CT molecular complexity index is 568. The molecule has 6 nitrogen and oxygen atoms in total. The molecule has 1 aliphatic heterocycles. The number of piperidine rings is 1. The summed E-state index contributed by atoms with van der Waals surface area (Å²) in [7, 11) is 3.03. The molecule has 1 heterocycles. The van der Waals surface area contributed by atoms with Crippen LogP contribution in [0.4, 0.5) is 5.69 Å². The standard InChI is InChI=1S/C18H26N2O4/c1-4-16(19-14-6-5-7-15(12-14)23-2)17(21)20-10-8-13(9-11-20)18(22)24-3/h5-7,12-13,16,19H,4,8-11H2,1-3H3/t16-/m0/s1. The summed E-state index contributed by atoms with van der Waals surface area (Å²) in [5.41, 5.74) is 0.860. The number of nitrogens with one attached hydrogen (secondary N) is 1. The number of ether oxygens (including phenoxy) is 2. The zero-order chi connectivity index (χ0) is 17.5. The van der Waals surface area contributed by atoms with Gasteiger partial charge in [0.15, 0.2) is 0 Å². The number of anilines is 1. The van der Waals surface area contributed by atoms with Crippen LogP contribution < -0.4 is 10.1 Å². The van der Waals surface area contributed by atoms with Gasteiger partial charge in [0.1, 0.15) is 11.8 Å². The van der Waals surface area contributed by atoms with Crippen LogP contribution in [0.3, 0.4) is 0 Å². The third kappa shape index (κ3) is 4.40. The van der Waals surface area contributed by atoms with E-state index in [1.165, 1.54) is 7.11 Å². The summed E-state index contributed by atoms with van der Waals surface area (Å²) < 4.78 is 10.0. The van der Waals surface area contributed by atoms with Gasteiger partial charge in [-0.25, -0.2) is 0 Å². The summed E-state index contributed by atoms with van der Waals surface area (Å²) >= 11 is 0. The molecular weight excluding hydrogens is 308 g/mol. The fraction of sp³-hybridized carbons (Fsp3) is 0.556. The maximum atomic E-state index is 12.8. The Morgan fingerprint density at radius 3 is 2.58 bits per heavy atom. The first kappa shape index (κ1) is 18.1. The Labute approximate surface area is 143 Å². The van der Waals surface area contributed by atoms with Gasteiger partial charge < -0.3 is 19.7 Å². The van der Waals surface area contributed by atoms with Gasteiger partial charge in [-0.1, -0.05) is 13.0 Å². The Morgan fingerprint density at radius 2 is 2.00 bits per heavy atom. The first-order valence-corrected chi connectivity index (χ1v) is 8.36. The number of amides is 1. The molecular formula is C18H26N2O4. The Balaban J connectivity index is 1.95.